The quantitative estimate of drug-likeness (QED) is 0.774. The van der Waals surface area contributed by atoms with Crippen molar-refractivity contribution in [3.05, 3.63) is 54.0 Å². The number of carbonyl (C=O) groups is 1. The third kappa shape index (κ3) is 5.70. The van der Waals surface area contributed by atoms with Crippen LogP contribution in [-0.4, -0.2) is 17.4 Å². The van der Waals surface area contributed by atoms with Gasteiger partial charge in [0.15, 0.2) is 0 Å². The van der Waals surface area contributed by atoms with Crippen LogP contribution in [0.4, 0.5) is 15.9 Å². The van der Waals surface area contributed by atoms with Crippen molar-refractivity contribution in [2.75, 3.05) is 17.2 Å². The Kier molecular flexibility index (Phi) is 6.54. The van der Waals surface area contributed by atoms with Crippen LogP contribution in [0.25, 0.3) is 0 Å². The highest BCUT2D eigenvalue weighted by atomic mass is 19.1. The Balaban J connectivity index is 1.79. The molecule has 1 aromatic carbocycles. The molecule has 0 unspecified atom stereocenters. The molecule has 1 heterocycles. The number of hydrogen-bond donors (Lipinski definition) is 2. The van der Waals surface area contributed by atoms with Gasteiger partial charge in [0.25, 0.3) is 0 Å². The molecule has 0 saturated heterocycles. The Hall–Kier alpha value is -2.43. The molecule has 1 amide bonds. The maximum Gasteiger partial charge on any atom is 0.224 e. The molecule has 0 bridgehead atoms. The minimum atomic E-state index is -0.188. The average Bonchev–Trinajstić information content (AvgIpc) is 2.56. The van der Waals surface area contributed by atoms with Crippen LogP contribution in [0, 0.1) is 5.82 Å². The number of pyridine rings is 1. The number of nitrogens with zero attached hydrogens (tertiary/aromatic N) is 1. The molecule has 1 aromatic heterocycles. The SMILES string of the molecule is CCCCC(=O)Nc1ccc(NCCc2ccccc2F)nc1. The van der Waals surface area contributed by atoms with Crippen molar-refractivity contribution in [3.63, 3.8) is 0 Å². The Morgan fingerprint density at radius 2 is 2.04 bits per heavy atom. The van der Waals surface area contributed by atoms with E-state index < -0.39 is 0 Å². The number of halogens is 1. The molecule has 2 aromatic rings. The number of rotatable bonds is 8. The van der Waals surface area contributed by atoms with Gasteiger partial charge in [0.2, 0.25) is 5.91 Å². The summed E-state index contributed by atoms with van der Waals surface area (Å²) in [7, 11) is 0. The van der Waals surface area contributed by atoms with E-state index in [4.69, 9.17) is 0 Å². The molecule has 5 heteroatoms. The van der Waals surface area contributed by atoms with E-state index in [2.05, 4.69) is 22.5 Å². The highest BCUT2D eigenvalue weighted by molar-refractivity contribution is 5.90. The lowest BCUT2D eigenvalue weighted by molar-refractivity contribution is -0.116. The number of benzene rings is 1. The van der Waals surface area contributed by atoms with Crippen LogP contribution < -0.4 is 10.6 Å². The van der Waals surface area contributed by atoms with Crippen LogP contribution in [0.3, 0.4) is 0 Å². The van der Waals surface area contributed by atoms with Gasteiger partial charge in [-0.25, -0.2) is 9.37 Å². The molecule has 0 aliphatic heterocycles. The standard InChI is InChI=1S/C18H22FN3O/c1-2-3-8-18(23)22-15-9-10-17(21-13-15)20-12-11-14-6-4-5-7-16(14)19/h4-7,9-10,13H,2-3,8,11-12H2,1H3,(H,20,21)(H,22,23). The largest absolute Gasteiger partial charge is 0.370 e. The molecule has 0 saturated carbocycles. The van der Waals surface area contributed by atoms with Gasteiger partial charge in [-0.05, 0) is 36.6 Å². The first-order valence-corrected chi connectivity index (χ1v) is 7.92. The Bertz CT molecular complexity index is 628. The molecule has 4 nitrogen and oxygen atoms in total. The van der Waals surface area contributed by atoms with E-state index in [9.17, 15) is 9.18 Å². The highest BCUT2D eigenvalue weighted by Gasteiger charge is 2.03. The lowest BCUT2D eigenvalue weighted by Gasteiger charge is -2.08. The number of anilines is 2. The number of unbranched alkanes of at least 4 members (excludes halogenated alkanes) is 1. The summed E-state index contributed by atoms with van der Waals surface area (Å²) in [6.07, 6.45) is 4.61. The fourth-order valence-corrected chi connectivity index (χ4v) is 2.16. The van der Waals surface area contributed by atoms with Gasteiger partial charge >= 0.3 is 0 Å². The molecule has 0 spiro atoms. The van der Waals surface area contributed by atoms with Crippen molar-refractivity contribution >= 4 is 17.4 Å². The smallest absolute Gasteiger partial charge is 0.224 e. The maximum absolute atomic E-state index is 13.5. The monoisotopic (exact) mass is 315 g/mol. The van der Waals surface area contributed by atoms with Crippen LogP contribution in [0.1, 0.15) is 31.7 Å². The van der Waals surface area contributed by atoms with Gasteiger partial charge < -0.3 is 10.6 Å². The Labute approximate surface area is 136 Å². The van der Waals surface area contributed by atoms with Crippen molar-refractivity contribution < 1.29 is 9.18 Å². The van der Waals surface area contributed by atoms with Gasteiger partial charge in [-0.3, -0.25) is 4.79 Å². The van der Waals surface area contributed by atoms with E-state index in [1.807, 2.05) is 12.1 Å². The molecule has 2 N–H and O–H groups in total. The lowest BCUT2D eigenvalue weighted by atomic mass is 10.1. The molecule has 0 aliphatic carbocycles. The van der Waals surface area contributed by atoms with Crippen molar-refractivity contribution in [1.82, 2.24) is 4.98 Å². The van der Waals surface area contributed by atoms with E-state index in [0.29, 0.717) is 36.5 Å². The molecule has 122 valence electrons. The molecule has 0 atom stereocenters. The molecular weight excluding hydrogens is 293 g/mol. The summed E-state index contributed by atoms with van der Waals surface area (Å²) in [5.41, 5.74) is 1.37. The summed E-state index contributed by atoms with van der Waals surface area (Å²) in [6.45, 7) is 2.65. The molecule has 2 rings (SSSR count). The molecular formula is C18H22FN3O. The predicted molar refractivity (Wildman–Crippen MR) is 91.0 cm³/mol. The van der Waals surface area contributed by atoms with E-state index in [-0.39, 0.29) is 11.7 Å². The van der Waals surface area contributed by atoms with Gasteiger partial charge in [0, 0.05) is 13.0 Å². The second-order valence-corrected chi connectivity index (χ2v) is 5.35. The number of nitrogens with one attached hydrogen (secondary N) is 2. The molecule has 0 radical (unpaired) electrons. The fourth-order valence-electron chi connectivity index (χ4n) is 2.16. The summed E-state index contributed by atoms with van der Waals surface area (Å²) in [4.78, 5) is 15.9. The van der Waals surface area contributed by atoms with Gasteiger partial charge in [-0.1, -0.05) is 31.5 Å². The van der Waals surface area contributed by atoms with Crippen molar-refractivity contribution in [2.24, 2.45) is 0 Å². The summed E-state index contributed by atoms with van der Waals surface area (Å²) in [6, 6.07) is 10.4. The van der Waals surface area contributed by atoms with Gasteiger partial charge in [-0.15, -0.1) is 0 Å². The van der Waals surface area contributed by atoms with Crippen molar-refractivity contribution in [3.8, 4) is 0 Å². The van der Waals surface area contributed by atoms with E-state index in [0.717, 1.165) is 12.8 Å². The number of amides is 1. The first-order valence-electron chi connectivity index (χ1n) is 7.92. The third-order valence-corrected chi connectivity index (χ3v) is 3.46. The zero-order valence-electron chi connectivity index (χ0n) is 13.3. The average molecular weight is 315 g/mol. The summed E-state index contributed by atoms with van der Waals surface area (Å²) >= 11 is 0. The van der Waals surface area contributed by atoms with Crippen LogP contribution in [0.5, 0.6) is 0 Å². The van der Waals surface area contributed by atoms with Gasteiger partial charge in [0.1, 0.15) is 11.6 Å². The second-order valence-electron chi connectivity index (χ2n) is 5.35. The summed E-state index contributed by atoms with van der Waals surface area (Å²) in [5, 5.41) is 5.96. The first-order chi connectivity index (χ1) is 11.2. The second kappa shape index (κ2) is 8.88. The molecule has 0 fully saturated rings. The topological polar surface area (TPSA) is 54.0 Å². The Morgan fingerprint density at radius 3 is 2.74 bits per heavy atom. The molecule has 23 heavy (non-hydrogen) atoms. The van der Waals surface area contributed by atoms with Crippen molar-refractivity contribution in [1.29, 1.82) is 0 Å². The summed E-state index contributed by atoms with van der Waals surface area (Å²) in [5.74, 6) is 0.522. The van der Waals surface area contributed by atoms with E-state index in [1.54, 1.807) is 24.4 Å². The maximum atomic E-state index is 13.5. The zero-order chi connectivity index (χ0) is 16.5. The van der Waals surface area contributed by atoms with Crippen LogP contribution >= 0.6 is 0 Å². The minimum Gasteiger partial charge on any atom is -0.370 e. The fraction of sp³-hybridized carbons (Fsp3) is 0.333. The number of carbonyl (C=O) groups excluding carboxylic acids is 1. The van der Waals surface area contributed by atoms with E-state index >= 15 is 0 Å². The third-order valence-electron chi connectivity index (χ3n) is 3.46. The Morgan fingerprint density at radius 1 is 1.22 bits per heavy atom. The number of hydrogen-bond acceptors (Lipinski definition) is 3. The number of aromatic nitrogens is 1. The predicted octanol–water partition coefficient (Wildman–Crippen LogP) is 4.00. The van der Waals surface area contributed by atoms with Crippen LogP contribution in [-0.2, 0) is 11.2 Å². The van der Waals surface area contributed by atoms with E-state index in [1.165, 1.54) is 6.07 Å². The van der Waals surface area contributed by atoms with Crippen LogP contribution in [0.2, 0.25) is 0 Å². The normalized spacial score (nSPS) is 10.3. The first kappa shape index (κ1) is 16.9. The van der Waals surface area contributed by atoms with Crippen molar-refractivity contribution in [2.45, 2.75) is 32.6 Å². The molecule has 0 aliphatic rings. The van der Waals surface area contributed by atoms with Gasteiger partial charge in [-0.2, -0.15) is 0 Å². The minimum absolute atomic E-state index is 0.00825. The zero-order valence-corrected chi connectivity index (χ0v) is 13.3. The van der Waals surface area contributed by atoms with Gasteiger partial charge in [0.05, 0.1) is 11.9 Å². The lowest BCUT2D eigenvalue weighted by Crippen LogP contribution is -2.11. The highest BCUT2D eigenvalue weighted by Crippen LogP contribution is 2.12. The van der Waals surface area contributed by atoms with Crippen LogP contribution in [0.15, 0.2) is 42.6 Å². The summed E-state index contributed by atoms with van der Waals surface area (Å²) < 4.78 is 13.5.